The van der Waals surface area contributed by atoms with E-state index in [1.165, 1.54) is 4.90 Å². The van der Waals surface area contributed by atoms with Crippen LogP contribution in [0.5, 0.6) is 5.75 Å². The normalized spacial score (nSPS) is 10.3. The molecule has 0 N–H and O–H groups in total. The van der Waals surface area contributed by atoms with Gasteiger partial charge in [0.2, 0.25) is 0 Å². The van der Waals surface area contributed by atoms with Gasteiger partial charge in [-0.2, -0.15) is 0 Å². The predicted molar refractivity (Wildman–Crippen MR) is 76.7 cm³/mol. The van der Waals surface area contributed by atoms with Gasteiger partial charge in [0.1, 0.15) is 5.75 Å². The summed E-state index contributed by atoms with van der Waals surface area (Å²) in [5, 5.41) is 0. The van der Waals surface area contributed by atoms with E-state index in [4.69, 9.17) is 4.74 Å². The Hall–Kier alpha value is -0.930. The van der Waals surface area contributed by atoms with E-state index in [1.807, 2.05) is 18.2 Å². The fraction of sp³-hybridized carbons (Fsp3) is 0.143. The molecule has 0 aliphatic heterocycles. The van der Waals surface area contributed by atoms with Crippen molar-refractivity contribution < 1.29 is 4.74 Å². The Morgan fingerprint density at radius 1 is 1.24 bits per heavy atom. The molecule has 87 valence electrons. The van der Waals surface area contributed by atoms with Crippen LogP contribution in [-0.2, 0) is 0 Å². The van der Waals surface area contributed by atoms with E-state index in [9.17, 15) is 0 Å². The SMILES string of the molecule is COc1ccc(-c2[c]cc(Br)cc2SC)cc1. The van der Waals surface area contributed by atoms with Crippen LogP contribution in [0, 0.1) is 6.07 Å². The predicted octanol–water partition coefficient (Wildman–Crippen LogP) is 4.65. The van der Waals surface area contributed by atoms with Crippen LogP contribution in [-0.4, -0.2) is 13.4 Å². The van der Waals surface area contributed by atoms with Gasteiger partial charge in [0, 0.05) is 14.9 Å². The largest absolute Gasteiger partial charge is 0.497 e. The van der Waals surface area contributed by atoms with Crippen LogP contribution in [0.3, 0.4) is 0 Å². The summed E-state index contributed by atoms with van der Waals surface area (Å²) in [4.78, 5) is 1.21. The molecule has 0 bridgehead atoms. The van der Waals surface area contributed by atoms with Gasteiger partial charge in [0.15, 0.2) is 0 Å². The molecule has 0 spiro atoms. The third-order valence-corrected chi connectivity index (χ3v) is 3.69. The fourth-order valence-corrected chi connectivity index (χ4v) is 2.72. The number of halogens is 1. The number of benzene rings is 2. The number of thioether (sulfide) groups is 1. The van der Waals surface area contributed by atoms with E-state index in [-0.39, 0.29) is 0 Å². The van der Waals surface area contributed by atoms with Gasteiger partial charge < -0.3 is 4.74 Å². The molecule has 0 amide bonds. The van der Waals surface area contributed by atoms with Crippen LogP contribution in [0.2, 0.25) is 0 Å². The lowest BCUT2D eigenvalue weighted by Gasteiger charge is -2.08. The molecule has 0 aliphatic carbocycles. The smallest absolute Gasteiger partial charge is 0.118 e. The highest BCUT2D eigenvalue weighted by molar-refractivity contribution is 9.10. The number of rotatable bonds is 3. The molecule has 2 aromatic rings. The monoisotopic (exact) mass is 307 g/mol. The first kappa shape index (κ1) is 12.5. The molecule has 1 nitrogen and oxygen atoms in total. The summed E-state index contributed by atoms with van der Waals surface area (Å²) in [5.41, 5.74) is 2.28. The van der Waals surface area contributed by atoms with Gasteiger partial charge in [-0.3, -0.25) is 0 Å². The Morgan fingerprint density at radius 2 is 1.94 bits per heavy atom. The Bertz CT molecular complexity index is 508. The van der Waals surface area contributed by atoms with Crippen molar-refractivity contribution in [3.05, 3.63) is 46.9 Å². The Balaban J connectivity index is 2.44. The van der Waals surface area contributed by atoms with Crippen molar-refractivity contribution in [2.45, 2.75) is 4.90 Å². The zero-order valence-corrected chi connectivity index (χ0v) is 12.1. The highest BCUT2D eigenvalue weighted by Gasteiger charge is 2.05. The lowest BCUT2D eigenvalue weighted by Crippen LogP contribution is -1.85. The number of ether oxygens (including phenoxy) is 1. The topological polar surface area (TPSA) is 9.23 Å². The molecule has 3 heteroatoms. The molecule has 0 aromatic heterocycles. The third kappa shape index (κ3) is 2.85. The molecule has 0 atom stereocenters. The van der Waals surface area contributed by atoms with E-state index in [0.29, 0.717) is 0 Å². The molecule has 0 aliphatic rings. The molecule has 17 heavy (non-hydrogen) atoms. The molecular formula is C14H12BrOS. The molecule has 0 saturated carbocycles. The van der Waals surface area contributed by atoms with Gasteiger partial charge in [-0.05, 0) is 42.2 Å². The Morgan fingerprint density at radius 3 is 2.53 bits per heavy atom. The summed E-state index contributed by atoms with van der Waals surface area (Å²) in [5.74, 6) is 0.872. The second-order valence-corrected chi connectivity index (χ2v) is 5.25. The highest BCUT2D eigenvalue weighted by atomic mass is 79.9. The standard InChI is InChI=1S/C14H12BrOS/c1-16-12-6-3-10(4-7-12)13-8-5-11(15)9-14(13)17-2/h3-7,9H,1-2H3. The van der Waals surface area contributed by atoms with Crippen LogP contribution in [0.4, 0.5) is 0 Å². The molecule has 0 fully saturated rings. The first-order valence-corrected chi connectivity index (χ1v) is 7.16. The first-order valence-electron chi connectivity index (χ1n) is 5.14. The lowest BCUT2D eigenvalue weighted by atomic mass is 10.1. The van der Waals surface area contributed by atoms with E-state index < -0.39 is 0 Å². The van der Waals surface area contributed by atoms with Crippen LogP contribution in [0.15, 0.2) is 45.8 Å². The number of hydrogen-bond acceptors (Lipinski definition) is 2. The second kappa shape index (κ2) is 5.61. The van der Waals surface area contributed by atoms with Gasteiger partial charge >= 0.3 is 0 Å². The summed E-state index contributed by atoms with van der Waals surface area (Å²) in [6, 6.07) is 15.4. The van der Waals surface area contributed by atoms with Crippen molar-refractivity contribution in [3.63, 3.8) is 0 Å². The zero-order chi connectivity index (χ0) is 12.3. The van der Waals surface area contributed by atoms with Gasteiger partial charge in [0.25, 0.3) is 0 Å². The second-order valence-electron chi connectivity index (χ2n) is 3.49. The van der Waals surface area contributed by atoms with Gasteiger partial charge in [-0.15, -0.1) is 11.8 Å². The number of methoxy groups -OCH3 is 1. The maximum Gasteiger partial charge on any atom is 0.118 e. The Kier molecular flexibility index (Phi) is 4.13. The van der Waals surface area contributed by atoms with Gasteiger partial charge in [0.05, 0.1) is 7.11 Å². The van der Waals surface area contributed by atoms with Crippen molar-refractivity contribution in [1.82, 2.24) is 0 Å². The van der Waals surface area contributed by atoms with Crippen LogP contribution in [0.1, 0.15) is 0 Å². The fourth-order valence-electron chi connectivity index (χ4n) is 1.60. The summed E-state index contributed by atoms with van der Waals surface area (Å²) >= 11 is 5.19. The van der Waals surface area contributed by atoms with Crippen molar-refractivity contribution in [1.29, 1.82) is 0 Å². The maximum atomic E-state index is 5.16. The highest BCUT2D eigenvalue weighted by Crippen LogP contribution is 2.32. The van der Waals surface area contributed by atoms with Crippen molar-refractivity contribution in [2.24, 2.45) is 0 Å². The zero-order valence-electron chi connectivity index (χ0n) is 9.66. The average Bonchev–Trinajstić information content (AvgIpc) is 2.39. The molecule has 0 saturated heterocycles. The summed E-state index contributed by atoms with van der Waals surface area (Å²) in [7, 11) is 1.67. The van der Waals surface area contributed by atoms with Crippen molar-refractivity contribution in [3.8, 4) is 16.9 Å². The molecule has 0 heterocycles. The minimum absolute atomic E-state index is 0.872. The first-order chi connectivity index (χ1) is 8.24. The van der Waals surface area contributed by atoms with E-state index in [1.54, 1.807) is 18.9 Å². The van der Waals surface area contributed by atoms with Crippen LogP contribution < -0.4 is 4.74 Å². The van der Waals surface area contributed by atoms with Gasteiger partial charge in [-0.25, -0.2) is 0 Å². The van der Waals surface area contributed by atoms with Crippen LogP contribution in [0.25, 0.3) is 11.1 Å². The Labute approximate surface area is 114 Å². The van der Waals surface area contributed by atoms with E-state index >= 15 is 0 Å². The third-order valence-electron chi connectivity index (χ3n) is 2.47. The quantitative estimate of drug-likeness (QED) is 0.764. The van der Waals surface area contributed by atoms with Crippen LogP contribution >= 0.6 is 27.7 Å². The van der Waals surface area contributed by atoms with Crippen molar-refractivity contribution >= 4 is 27.7 Å². The minimum atomic E-state index is 0.872. The molecule has 1 radical (unpaired) electrons. The lowest BCUT2D eigenvalue weighted by molar-refractivity contribution is 0.415. The molecule has 2 rings (SSSR count). The molecule has 0 unspecified atom stereocenters. The minimum Gasteiger partial charge on any atom is -0.497 e. The van der Waals surface area contributed by atoms with E-state index in [0.717, 1.165) is 21.3 Å². The summed E-state index contributed by atoms with van der Waals surface area (Å²) in [6.45, 7) is 0. The van der Waals surface area contributed by atoms with Crippen molar-refractivity contribution in [2.75, 3.05) is 13.4 Å². The summed E-state index contributed by atoms with van der Waals surface area (Å²) < 4.78 is 6.21. The molecule has 2 aromatic carbocycles. The average molecular weight is 308 g/mol. The number of hydrogen-bond donors (Lipinski definition) is 0. The maximum absolute atomic E-state index is 5.16. The van der Waals surface area contributed by atoms with Gasteiger partial charge in [-0.1, -0.05) is 28.1 Å². The molecular weight excluding hydrogens is 296 g/mol. The van der Waals surface area contributed by atoms with E-state index in [2.05, 4.69) is 46.5 Å². The summed E-state index contributed by atoms with van der Waals surface area (Å²) in [6.07, 6.45) is 2.07.